The second-order valence-corrected chi connectivity index (χ2v) is 5.92. The van der Waals surface area contributed by atoms with Gasteiger partial charge in [-0.25, -0.2) is 0 Å². The number of likely N-dealkylation sites (N-methyl/N-ethyl adjacent to an activating group) is 1. The van der Waals surface area contributed by atoms with Crippen molar-refractivity contribution in [1.29, 1.82) is 0 Å². The van der Waals surface area contributed by atoms with Crippen molar-refractivity contribution in [3.8, 4) is 0 Å². The summed E-state index contributed by atoms with van der Waals surface area (Å²) in [5.41, 5.74) is 0. The van der Waals surface area contributed by atoms with Crippen LogP contribution in [0.2, 0.25) is 0 Å². The molecule has 2 amide bonds. The molecule has 2 saturated heterocycles. The molecule has 0 aromatic heterocycles. The van der Waals surface area contributed by atoms with Gasteiger partial charge in [-0.1, -0.05) is 6.92 Å². The Morgan fingerprint density at radius 3 is 2.68 bits per heavy atom. The Balaban J connectivity index is 1.69. The minimum atomic E-state index is -0.258. The summed E-state index contributed by atoms with van der Waals surface area (Å²) in [7, 11) is 1.72. The van der Waals surface area contributed by atoms with E-state index in [1.165, 1.54) is 25.9 Å². The van der Waals surface area contributed by atoms with Crippen LogP contribution in [0.5, 0.6) is 0 Å². The lowest BCUT2D eigenvalue weighted by Gasteiger charge is -2.23. The van der Waals surface area contributed by atoms with Crippen molar-refractivity contribution in [3.05, 3.63) is 0 Å². The van der Waals surface area contributed by atoms with Crippen LogP contribution < -0.4 is 5.32 Å². The molecule has 5 nitrogen and oxygen atoms in total. The van der Waals surface area contributed by atoms with E-state index in [2.05, 4.69) is 17.1 Å². The molecular weight excluding hydrogens is 242 g/mol. The summed E-state index contributed by atoms with van der Waals surface area (Å²) < 4.78 is 0. The quantitative estimate of drug-likeness (QED) is 0.787. The van der Waals surface area contributed by atoms with Crippen molar-refractivity contribution in [2.75, 3.05) is 33.2 Å². The topological polar surface area (TPSA) is 52.7 Å². The molecule has 108 valence electrons. The van der Waals surface area contributed by atoms with E-state index in [1.54, 1.807) is 11.9 Å². The molecule has 19 heavy (non-hydrogen) atoms. The lowest BCUT2D eigenvalue weighted by Crippen LogP contribution is -2.44. The monoisotopic (exact) mass is 267 g/mol. The number of hydrogen-bond donors (Lipinski definition) is 1. The first-order valence-electron chi connectivity index (χ1n) is 7.33. The molecule has 0 aliphatic carbocycles. The number of amides is 2. The third-order valence-corrected chi connectivity index (χ3v) is 4.19. The normalized spacial score (nSPS) is 25.9. The van der Waals surface area contributed by atoms with Gasteiger partial charge < -0.3 is 15.1 Å². The van der Waals surface area contributed by atoms with Crippen LogP contribution in [0.4, 0.5) is 0 Å². The average molecular weight is 267 g/mol. The zero-order valence-electron chi connectivity index (χ0n) is 12.0. The smallest absolute Gasteiger partial charge is 0.242 e. The van der Waals surface area contributed by atoms with Crippen molar-refractivity contribution in [1.82, 2.24) is 15.1 Å². The van der Waals surface area contributed by atoms with E-state index in [1.807, 2.05) is 0 Å². The van der Waals surface area contributed by atoms with Crippen molar-refractivity contribution in [2.45, 2.75) is 38.6 Å². The molecule has 0 radical (unpaired) electrons. The largest absolute Gasteiger partial charge is 0.354 e. The van der Waals surface area contributed by atoms with Crippen LogP contribution in [-0.4, -0.2) is 60.9 Å². The zero-order valence-corrected chi connectivity index (χ0v) is 12.0. The highest BCUT2D eigenvalue weighted by molar-refractivity contribution is 5.90. The van der Waals surface area contributed by atoms with Gasteiger partial charge in [0.05, 0.1) is 0 Å². The lowest BCUT2D eigenvalue weighted by atomic mass is 10.1. The second-order valence-electron chi connectivity index (χ2n) is 5.92. The summed E-state index contributed by atoms with van der Waals surface area (Å²) in [4.78, 5) is 27.5. The SMILES string of the molecule is C[C@H](CNC(=O)[C@H]1CCC(=O)N1C)CN1CCCC1. The fourth-order valence-electron chi connectivity index (χ4n) is 2.97. The van der Waals surface area contributed by atoms with Crippen LogP contribution in [0.15, 0.2) is 0 Å². The Kier molecular flexibility index (Phi) is 4.80. The highest BCUT2D eigenvalue weighted by Gasteiger charge is 2.33. The van der Waals surface area contributed by atoms with E-state index in [9.17, 15) is 9.59 Å². The molecule has 2 heterocycles. The molecule has 0 spiro atoms. The molecule has 0 saturated carbocycles. The predicted octanol–water partition coefficient (Wildman–Crippen LogP) is 0.455. The molecule has 2 rings (SSSR count). The van der Waals surface area contributed by atoms with Crippen molar-refractivity contribution < 1.29 is 9.59 Å². The maximum absolute atomic E-state index is 12.0. The van der Waals surface area contributed by atoms with Crippen LogP contribution in [0, 0.1) is 5.92 Å². The predicted molar refractivity (Wildman–Crippen MR) is 73.6 cm³/mol. The number of likely N-dealkylation sites (tertiary alicyclic amines) is 2. The van der Waals surface area contributed by atoms with E-state index >= 15 is 0 Å². The number of rotatable bonds is 5. The summed E-state index contributed by atoms with van der Waals surface area (Å²) in [5.74, 6) is 0.538. The third kappa shape index (κ3) is 3.69. The molecule has 1 N–H and O–H groups in total. The molecule has 0 aromatic carbocycles. The first kappa shape index (κ1) is 14.3. The summed E-state index contributed by atoms with van der Waals surface area (Å²) in [6.45, 7) is 6.31. The van der Waals surface area contributed by atoms with Crippen molar-refractivity contribution in [2.24, 2.45) is 5.92 Å². The van der Waals surface area contributed by atoms with Gasteiger partial charge in [0.1, 0.15) is 6.04 Å². The van der Waals surface area contributed by atoms with Gasteiger partial charge in [-0.3, -0.25) is 9.59 Å². The molecule has 2 fully saturated rings. The maximum Gasteiger partial charge on any atom is 0.242 e. The van der Waals surface area contributed by atoms with Crippen molar-refractivity contribution in [3.63, 3.8) is 0 Å². The Morgan fingerprint density at radius 2 is 2.11 bits per heavy atom. The van der Waals surface area contributed by atoms with Gasteiger partial charge >= 0.3 is 0 Å². The van der Waals surface area contributed by atoms with Crippen LogP contribution >= 0.6 is 0 Å². The molecule has 0 aromatic rings. The number of nitrogens with zero attached hydrogens (tertiary/aromatic N) is 2. The molecule has 5 heteroatoms. The summed E-state index contributed by atoms with van der Waals surface area (Å²) in [5, 5.41) is 2.99. The van der Waals surface area contributed by atoms with Crippen LogP contribution in [0.25, 0.3) is 0 Å². The van der Waals surface area contributed by atoms with Gasteiger partial charge in [0, 0.05) is 26.6 Å². The van der Waals surface area contributed by atoms with E-state index < -0.39 is 0 Å². The van der Waals surface area contributed by atoms with Crippen LogP contribution in [0.3, 0.4) is 0 Å². The van der Waals surface area contributed by atoms with Gasteiger partial charge in [-0.05, 0) is 38.3 Å². The van der Waals surface area contributed by atoms with Crippen LogP contribution in [0.1, 0.15) is 32.6 Å². The van der Waals surface area contributed by atoms with Gasteiger partial charge in [-0.2, -0.15) is 0 Å². The number of hydrogen-bond acceptors (Lipinski definition) is 3. The molecule has 2 aliphatic heterocycles. The zero-order chi connectivity index (χ0) is 13.8. The number of carbonyl (C=O) groups is 2. The Hall–Kier alpha value is -1.10. The van der Waals surface area contributed by atoms with Crippen LogP contribution in [-0.2, 0) is 9.59 Å². The first-order valence-corrected chi connectivity index (χ1v) is 7.33. The minimum Gasteiger partial charge on any atom is -0.354 e. The standard InChI is InChI=1S/C14H25N3O2/c1-11(10-17-7-3-4-8-17)9-15-14(19)12-5-6-13(18)16(12)2/h11-12H,3-10H2,1-2H3,(H,15,19)/t11-,12-/m1/s1. The number of nitrogens with one attached hydrogen (secondary N) is 1. The Labute approximate surface area is 115 Å². The summed E-state index contributed by atoms with van der Waals surface area (Å²) in [6, 6.07) is -0.258. The summed E-state index contributed by atoms with van der Waals surface area (Å²) in [6.07, 6.45) is 3.75. The fourth-order valence-corrected chi connectivity index (χ4v) is 2.97. The van der Waals surface area contributed by atoms with E-state index in [0.29, 0.717) is 25.3 Å². The van der Waals surface area contributed by atoms with Crippen molar-refractivity contribution >= 4 is 11.8 Å². The van der Waals surface area contributed by atoms with Gasteiger partial charge in [0.25, 0.3) is 0 Å². The summed E-state index contributed by atoms with van der Waals surface area (Å²) >= 11 is 0. The van der Waals surface area contributed by atoms with Gasteiger partial charge in [0.2, 0.25) is 11.8 Å². The molecule has 2 atom stereocenters. The Bertz CT molecular complexity index is 340. The average Bonchev–Trinajstić information content (AvgIpc) is 2.99. The van der Waals surface area contributed by atoms with Gasteiger partial charge in [0.15, 0.2) is 0 Å². The first-order chi connectivity index (χ1) is 9.08. The molecule has 0 bridgehead atoms. The van der Waals surface area contributed by atoms with E-state index in [0.717, 1.165) is 6.54 Å². The minimum absolute atomic E-state index is 0.00150. The maximum atomic E-state index is 12.0. The van der Waals surface area contributed by atoms with E-state index in [4.69, 9.17) is 0 Å². The fraction of sp³-hybridized carbons (Fsp3) is 0.857. The number of carbonyl (C=O) groups excluding carboxylic acids is 2. The molecular formula is C14H25N3O2. The van der Waals surface area contributed by atoms with E-state index in [-0.39, 0.29) is 17.9 Å². The van der Waals surface area contributed by atoms with Gasteiger partial charge in [-0.15, -0.1) is 0 Å². The molecule has 0 unspecified atom stereocenters. The molecule has 2 aliphatic rings. The lowest BCUT2D eigenvalue weighted by molar-refractivity contribution is -0.133. The second kappa shape index (κ2) is 6.37. The third-order valence-electron chi connectivity index (χ3n) is 4.19. The Morgan fingerprint density at radius 1 is 1.42 bits per heavy atom. The highest BCUT2D eigenvalue weighted by Crippen LogP contribution is 2.16. The highest BCUT2D eigenvalue weighted by atomic mass is 16.2.